The summed E-state index contributed by atoms with van der Waals surface area (Å²) in [5.74, 6) is -1.15. The number of halogens is 2. The highest BCUT2D eigenvalue weighted by Crippen LogP contribution is 2.32. The SMILES string of the molecule is C=CN=C(C(=C)F)C1=NC(c2ccc(Cl)cc2)C(C(=O)OC)=C(C)N1. The molecule has 0 bridgehead atoms. The van der Waals surface area contributed by atoms with Crippen molar-refractivity contribution in [3.63, 3.8) is 0 Å². The molecule has 1 aromatic rings. The van der Waals surface area contributed by atoms with Crippen molar-refractivity contribution in [1.82, 2.24) is 5.32 Å². The van der Waals surface area contributed by atoms with Crippen molar-refractivity contribution in [1.29, 1.82) is 0 Å². The Morgan fingerprint density at radius 1 is 1.44 bits per heavy atom. The molecule has 1 atom stereocenters. The summed E-state index contributed by atoms with van der Waals surface area (Å²) < 4.78 is 18.6. The molecule has 5 nitrogen and oxygen atoms in total. The van der Waals surface area contributed by atoms with Crippen molar-refractivity contribution in [2.75, 3.05) is 7.11 Å². The number of esters is 1. The van der Waals surface area contributed by atoms with Gasteiger partial charge in [0.15, 0.2) is 5.84 Å². The van der Waals surface area contributed by atoms with Crippen molar-refractivity contribution in [3.8, 4) is 0 Å². The van der Waals surface area contributed by atoms with Crippen molar-refractivity contribution in [2.45, 2.75) is 13.0 Å². The van der Waals surface area contributed by atoms with Gasteiger partial charge in [-0.05, 0) is 24.6 Å². The standard InChI is InChI=1S/C18H17ClFN3O2/c1-5-21-15(10(2)20)17-22-11(3)14(18(24)25-4)16(23-17)12-6-8-13(19)9-7-12/h5-9,16H,1-2H2,3-4H3,(H,22,23). The first-order chi connectivity index (χ1) is 11.9. The van der Waals surface area contributed by atoms with E-state index in [-0.39, 0.29) is 11.5 Å². The molecule has 0 amide bonds. The van der Waals surface area contributed by atoms with E-state index in [1.54, 1.807) is 31.2 Å². The number of methoxy groups -OCH3 is 1. The highest BCUT2D eigenvalue weighted by Gasteiger charge is 2.31. The summed E-state index contributed by atoms with van der Waals surface area (Å²) in [4.78, 5) is 20.5. The smallest absolute Gasteiger partial charge is 0.338 e. The molecule has 7 heteroatoms. The molecular weight excluding hydrogens is 345 g/mol. The monoisotopic (exact) mass is 361 g/mol. The Morgan fingerprint density at radius 3 is 2.60 bits per heavy atom. The third kappa shape index (κ3) is 4.03. The van der Waals surface area contributed by atoms with E-state index in [0.29, 0.717) is 21.9 Å². The number of allylic oxidation sites excluding steroid dienone is 1. The van der Waals surface area contributed by atoms with Crippen molar-refractivity contribution < 1.29 is 13.9 Å². The van der Waals surface area contributed by atoms with Crippen molar-refractivity contribution >= 4 is 29.1 Å². The van der Waals surface area contributed by atoms with E-state index in [4.69, 9.17) is 16.3 Å². The van der Waals surface area contributed by atoms with Crippen LogP contribution in [0.25, 0.3) is 0 Å². The van der Waals surface area contributed by atoms with Crippen LogP contribution in [-0.4, -0.2) is 24.6 Å². The van der Waals surface area contributed by atoms with Crippen LogP contribution >= 0.6 is 11.6 Å². The first-order valence-electron chi connectivity index (χ1n) is 7.32. The molecule has 0 saturated heterocycles. The number of ether oxygens (including phenoxy) is 1. The fraction of sp³-hybridized carbons (Fsp3) is 0.167. The zero-order chi connectivity index (χ0) is 18.6. The minimum absolute atomic E-state index is 0.0859. The average molecular weight is 362 g/mol. The van der Waals surface area contributed by atoms with Gasteiger partial charge in [-0.15, -0.1) is 0 Å². The van der Waals surface area contributed by atoms with Crippen LogP contribution in [0, 0.1) is 0 Å². The maximum Gasteiger partial charge on any atom is 0.338 e. The molecule has 0 saturated carbocycles. The highest BCUT2D eigenvalue weighted by atomic mass is 35.5. The lowest BCUT2D eigenvalue weighted by atomic mass is 9.95. The summed E-state index contributed by atoms with van der Waals surface area (Å²) in [5.41, 5.74) is 1.41. The molecule has 1 unspecified atom stereocenters. The van der Waals surface area contributed by atoms with Crippen LogP contribution in [0.3, 0.4) is 0 Å². The molecule has 1 aliphatic heterocycles. The van der Waals surface area contributed by atoms with Crippen LogP contribution in [0.15, 0.2) is 70.7 Å². The Balaban J connectivity index is 2.60. The Labute approximate surface area is 150 Å². The van der Waals surface area contributed by atoms with Crippen LogP contribution in [0.4, 0.5) is 4.39 Å². The lowest BCUT2D eigenvalue weighted by Crippen LogP contribution is -2.37. The summed E-state index contributed by atoms with van der Waals surface area (Å²) in [6, 6.07) is 6.15. The van der Waals surface area contributed by atoms with Gasteiger partial charge in [0, 0.05) is 16.9 Å². The normalized spacial score (nSPS) is 17.5. The molecular formula is C18H17ClFN3O2. The van der Waals surface area contributed by atoms with Crippen LogP contribution in [0.5, 0.6) is 0 Å². The second-order valence-corrected chi connectivity index (χ2v) is 5.59. The number of hydrogen-bond acceptors (Lipinski definition) is 5. The molecule has 0 fully saturated rings. The third-order valence-corrected chi connectivity index (χ3v) is 3.79. The van der Waals surface area contributed by atoms with E-state index < -0.39 is 17.8 Å². The largest absolute Gasteiger partial charge is 0.466 e. The van der Waals surface area contributed by atoms with Gasteiger partial charge in [0.05, 0.1) is 12.7 Å². The number of nitrogens with zero attached hydrogens (tertiary/aromatic N) is 2. The molecule has 1 aromatic carbocycles. The van der Waals surface area contributed by atoms with E-state index in [9.17, 15) is 9.18 Å². The minimum Gasteiger partial charge on any atom is -0.466 e. The number of amidine groups is 1. The number of nitrogens with one attached hydrogen (secondary N) is 1. The topological polar surface area (TPSA) is 63.0 Å². The Bertz CT molecular complexity index is 810. The third-order valence-electron chi connectivity index (χ3n) is 3.53. The van der Waals surface area contributed by atoms with Gasteiger partial charge in [0.1, 0.15) is 17.6 Å². The second-order valence-electron chi connectivity index (χ2n) is 5.15. The molecule has 1 heterocycles. The number of benzene rings is 1. The van der Waals surface area contributed by atoms with E-state index in [1.807, 2.05) is 0 Å². The molecule has 0 aliphatic carbocycles. The first kappa shape index (κ1) is 18.6. The first-order valence-corrected chi connectivity index (χ1v) is 7.70. The fourth-order valence-electron chi connectivity index (χ4n) is 2.41. The Hall–Kier alpha value is -2.73. The zero-order valence-corrected chi connectivity index (χ0v) is 14.6. The van der Waals surface area contributed by atoms with Gasteiger partial charge in [-0.3, -0.25) is 9.98 Å². The molecule has 2 rings (SSSR count). The summed E-state index contributed by atoms with van der Waals surface area (Å²) in [5, 5.41) is 3.43. The number of hydrogen-bond donors (Lipinski definition) is 1. The lowest BCUT2D eigenvalue weighted by Gasteiger charge is -2.26. The molecule has 25 heavy (non-hydrogen) atoms. The number of rotatable bonds is 5. The Kier molecular flexibility index (Phi) is 5.88. The predicted octanol–water partition coefficient (Wildman–Crippen LogP) is 3.90. The van der Waals surface area contributed by atoms with Crippen LogP contribution in [0.2, 0.25) is 5.02 Å². The van der Waals surface area contributed by atoms with Crippen molar-refractivity contribution in [3.05, 3.63) is 71.3 Å². The van der Waals surface area contributed by atoms with Gasteiger partial charge in [-0.2, -0.15) is 0 Å². The van der Waals surface area contributed by atoms with Crippen molar-refractivity contribution in [2.24, 2.45) is 9.98 Å². The van der Waals surface area contributed by atoms with Gasteiger partial charge in [0.25, 0.3) is 0 Å². The van der Waals surface area contributed by atoms with E-state index in [2.05, 4.69) is 28.5 Å². The quantitative estimate of drug-likeness (QED) is 0.639. The molecule has 0 aromatic heterocycles. The summed E-state index contributed by atoms with van der Waals surface area (Å²) in [6.07, 6.45) is 1.19. The molecule has 130 valence electrons. The van der Waals surface area contributed by atoms with Gasteiger partial charge in [-0.1, -0.05) is 36.9 Å². The molecule has 0 spiro atoms. The second kappa shape index (κ2) is 7.90. The van der Waals surface area contributed by atoms with E-state index in [1.165, 1.54) is 13.3 Å². The van der Waals surface area contributed by atoms with Gasteiger partial charge < -0.3 is 10.1 Å². The molecule has 0 radical (unpaired) electrons. The lowest BCUT2D eigenvalue weighted by molar-refractivity contribution is -0.136. The summed E-state index contributed by atoms with van der Waals surface area (Å²) in [6.45, 7) is 8.40. The van der Waals surface area contributed by atoms with E-state index in [0.717, 1.165) is 0 Å². The summed E-state index contributed by atoms with van der Waals surface area (Å²) in [7, 11) is 1.29. The number of aliphatic imine (C=N–C) groups is 2. The van der Waals surface area contributed by atoms with Crippen LogP contribution in [0.1, 0.15) is 18.5 Å². The van der Waals surface area contributed by atoms with Gasteiger partial charge in [-0.25, -0.2) is 9.18 Å². The highest BCUT2D eigenvalue weighted by molar-refractivity contribution is 6.47. The average Bonchev–Trinajstić information content (AvgIpc) is 2.58. The van der Waals surface area contributed by atoms with E-state index >= 15 is 0 Å². The molecule has 1 N–H and O–H groups in total. The molecule has 1 aliphatic rings. The summed E-state index contributed by atoms with van der Waals surface area (Å²) >= 11 is 5.92. The zero-order valence-electron chi connectivity index (χ0n) is 13.8. The fourth-order valence-corrected chi connectivity index (χ4v) is 2.53. The number of carbonyl (C=O) groups excluding carboxylic acids is 1. The maximum atomic E-state index is 13.7. The van der Waals surface area contributed by atoms with Crippen LogP contribution in [-0.2, 0) is 9.53 Å². The Morgan fingerprint density at radius 2 is 2.08 bits per heavy atom. The van der Waals surface area contributed by atoms with Crippen LogP contribution < -0.4 is 5.32 Å². The van der Waals surface area contributed by atoms with Gasteiger partial charge in [0.2, 0.25) is 0 Å². The number of carbonyl (C=O) groups is 1. The predicted molar refractivity (Wildman–Crippen MR) is 97.4 cm³/mol. The maximum absolute atomic E-state index is 13.7. The van der Waals surface area contributed by atoms with Gasteiger partial charge >= 0.3 is 5.97 Å². The minimum atomic E-state index is -0.768.